The summed E-state index contributed by atoms with van der Waals surface area (Å²) in [6.45, 7) is 4.37. The van der Waals surface area contributed by atoms with E-state index in [1.54, 1.807) is 18.7 Å². The maximum atomic E-state index is 16.9. The van der Waals surface area contributed by atoms with Gasteiger partial charge in [0, 0.05) is 35.8 Å². The molecule has 0 spiro atoms. The number of nitrogens with zero attached hydrogens (tertiary/aromatic N) is 5. The molecular weight excluding hydrogens is 646 g/mol. The summed E-state index contributed by atoms with van der Waals surface area (Å²) in [4.78, 5) is 12.3. The predicted octanol–water partition coefficient (Wildman–Crippen LogP) is 6.57. The number of rotatable bonds is 6. The van der Waals surface area contributed by atoms with Crippen LogP contribution in [0.1, 0.15) is 50.7 Å². The topological polar surface area (TPSA) is 112 Å². The summed E-state index contributed by atoms with van der Waals surface area (Å²) < 4.78 is 96.6. The van der Waals surface area contributed by atoms with Crippen LogP contribution in [0.25, 0.3) is 32.1 Å². The van der Waals surface area contributed by atoms with E-state index in [0.717, 1.165) is 24.6 Å². The molecule has 4 aromatic rings. The summed E-state index contributed by atoms with van der Waals surface area (Å²) in [5.74, 6) is -2.26. The number of halogens is 6. The highest BCUT2D eigenvalue weighted by atomic mass is 32.1. The molecule has 248 valence electrons. The third kappa shape index (κ3) is 5.03. The van der Waals surface area contributed by atoms with Crippen molar-refractivity contribution in [2.24, 2.45) is 0 Å². The standard InChI is InChI=1S/C32H30F6N6O2S/c1-30(2,45)21-6-9-44(21)28-17-10-19(32(36,37)38)23(16-4-5-20(34)26-22(16)18(12-39)27(40)47-26)24(35)25(17)41-29(42-28)46-14-31-7-3-8-43(31)13-15(33)11-31/h4-5,10,15,21,45H,3,6-9,11,13-14,40H2,1-2H3. The monoisotopic (exact) mass is 676 g/mol. The first kappa shape index (κ1) is 31.7. The van der Waals surface area contributed by atoms with Crippen molar-refractivity contribution in [2.75, 3.05) is 36.9 Å². The van der Waals surface area contributed by atoms with Gasteiger partial charge in [0.15, 0.2) is 5.82 Å². The molecule has 0 bridgehead atoms. The van der Waals surface area contributed by atoms with Gasteiger partial charge in [-0.05, 0) is 57.4 Å². The fourth-order valence-electron chi connectivity index (χ4n) is 7.49. The highest BCUT2D eigenvalue weighted by molar-refractivity contribution is 7.23. The average molecular weight is 677 g/mol. The first-order valence-electron chi connectivity index (χ1n) is 15.2. The molecule has 0 saturated carbocycles. The van der Waals surface area contributed by atoms with Crippen molar-refractivity contribution in [1.29, 1.82) is 5.26 Å². The molecule has 3 saturated heterocycles. The second-order valence-electron chi connectivity index (χ2n) is 13.1. The van der Waals surface area contributed by atoms with Gasteiger partial charge in [-0.1, -0.05) is 6.07 Å². The summed E-state index contributed by atoms with van der Waals surface area (Å²) in [5, 5.41) is 20.0. The van der Waals surface area contributed by atoms with Gasteiger partial charge < -0.3 is 20.5 Å². The number of hydrogen-bond donors (Lipinski definition) is 2. The van der Waals surface area contributed by atoms with E-state index in [4.69, 9.17) is 10.5 Å². The normalized spacial score (nSPS) is 23.4. The fraction of sp³-hybridized carbons (Fsp3) is 0.469. The van der Waals surface area contributed by atoms with Gasteiger partial charge in [0.2, 0.25) is 0 Å². The Labute approximate surface area is 269 Å². The van der Waals surface area contributed by atoms with Crippen LogP contribution in [0.3, 0.4) is 0 Å². The largest absolute Gasteiger partial charge is 0.461 e. The quantitative estimate of drug-likeness (QED) is 0.221. The van der Waals surface area contributed by atoms with Crippen LogP contribution in [-0.4, -0.2) is 69.6 Å². The van der Waals surface area contributed by atoms with Gasteiger partial charge >= 0.3 is 12.2 Å². The van der Waals surface area contributed by atoms with Crippen molar-refractivity contribution in [3.05, 3.63) is 41.0 Å². The van der Waals surface area contributed by atoms with Crippen molar-refractivity contribution in [1.82, 2.24) is 14.9 Å². The van der Waals surface area contributed by atoms with Crippen molar-refractivity contribution in [3.63, 3.8) is 0 Å². The minimum atomic E-state index is -5.10. The van der Waals surface area contributed by atoms with Crippen LogP contribution in [0.5, 0.6) is 6.01 Å². The number of alkyl halides is 4. The number of nitrogens with two attached hydrogens (primary N) is 1. The third-order valence-electron chi connectivity index (χ3n) is 9.73. The Morgan fingerprint density at radius 3 is 2.64 bits per heavy atom. The van der Waals surface area contributed by atoms with Crippen molar-refractivity contribution in [2.45, 2.75) is 69.1 Å². The molecule has 47 heavy (non-hydrogen) atoms. The SMILES string of the molecule is CC(C)(O)C1CCN1c1nc(OCC23CCCN2CC(F)C3)nc2c(F)c(-c3ccc(F)c4sc(N)c(C#N)c34)c(C(F)(F)F)cc12. The Balaban J connectivity index is 1.47. The van der Waals surface area contributed by atoms with E-state index in [1.807, 2.05) is 11.0 Å². The van der Waals surface area contributed by atoms with Crippen molar-refractivity contribution in [3.8, 4) is 23.2 Å². The molecule has 0 aliphatic carbocycles. The molecule has 3 fully saturated rings. The number of fused-ring (bicyclic) bond motifs is 3. The van der Waals surface area contributed by atoms with Gasteiger partial charge in [-0.25, -0.2) is 13.2 Å². The van der Waals surface area contributed by atoms with E-state index < -0.39 is 57.8 Å². The van der Waals surface area contributed by atoms with E-state index in [9.17, 15) is 32.3 Å². The predicted molar refractivity (Wildman–Crippen MR) is 165 cm³/mol. The van der Waals surface area contributed by atoms with Gasteiger partial charge in [-0.15, -0.1) is 11.3 Å². The number of aromatic nitrogens is 2. The van der Waals surface area contributed by atoms with Gasteiger partial charge in [0.05, 0.1) is 33.0 Å². The molecule has 3 aliphatic rings. The molecule has 7 rings (SSSR count). The number of benzene rings is 2. The van der Waals surface area contributed by atoms with Gasteiger partial charge in [-0.2, -0.15) is 28.4 Å². The first-order valence-corrected chi connectivity index (χ1v) is 16.0. The van der Waals surface area contributed by atoms with Gasteiger partial charge in [0.1, 0.15) is 41.0 Å². The van der Waals surface area contributed by atoms with E-state index in [2.05, 4.69) is 9.97 Å². The van der Waals surface area contributed by atoms with Crippen LogP contribution in [0.15, 0.2) is 18.2 Å². The number of ether oxygens (including phenoxy) is 1. The minimum Gasteiger partial charge on any atom is -0.461 e. The Morgan fingerprint density at radius 1 is 1.21 bits per heavy atom. The average Bonchev–Trinajstić information content (AvgIpc) is 3.60. The zero-order valence-electron chi connectivity index (χ0n) is 25.4. The Bertz CT molecular complexity index is 1970. The molecule has 8 nitrogen and oxygen atoms in total. The molecule has 5 heterocycles. The molecule has 3 unspecified atom stereocenters. The number of nitriles is 1. The second kappa shape index (κ2) is 10.8. The zero-order chi connectivity index (χ0) is 33.6. The van der Waals surface area contributed by atoms with Gasteiger partial charge in [0.25, 0.3) is 0 Å². The van der Waals surface area contributed by atoms with Crippen molar-refractivity contribution < 1.29 is 36.2 Å². The summed E-state index contributed by atoms with van der Waals surface area (Å²) in [7, 11) is 0. The highest BCUT2D eigenvalue weighted by Gasteiger charge is 2.50. The van der Waals surface area contributed by atoms with Crippen molar-refractivity contribution >= 4 is 43.1 Å². The van der Waals surface area contributed by atoms with E-state index in [0.29, 0.717) is 37.3 Å². The minimum absolute atomic E-state index is 0.0132. The number of hydrogen-bond acceptors (Lipinski definition) is 9. The van der Waals surface area contributed by atoms with Crippen LogP contribution in [0.2, 0.25) is 0 Å². The smallest absolute Gasteiger partial charge is 0.417 e. The Kier molecular flexibility index (Phi) is 7.31. The van der Waals surface area contributed by atoms with Crippen LogP contribution >= 0.6 is 11.3 Å². The maximum absolute atomic E-state index is 16.9. The lowest BCUT2D eigenvalue weighted by Gasteiger charge is -2.48. The molecule has 15 heteroatoms. The number of thiophene rings is 1. The number of aliphatic hydroxyl groups is 1. The molecule has 3 aliphatic heterocycles. The van der Waals surface area contributed by atoms with Crippen LogP contribution < -0.4 is 15.4 Å². The summed E-state index contributed by atoms with van der Waals surface area (Å²) in [6, 6.07) is 3.57. The maximum Gasteiger partial charge on any atom is 0.417 e. The van der Waals surface area contributed by atoms with Gasteiger partial charge in [-0.3, -0.25) is 4.90 Å². The highest BCUT2D eigenvalue weighted by Crippen LogP contribution is 2.49. The van der Waals surface area contributed by atoms with Crippen LogP contribution in [0, 0.1) is 23.0 Å². The molecule has 0 radical (unpaired) electrons. The molecule has 0 amide bonds. The second-order valence-corrected chi connectivity index (χ2v) is 14.2. The lowest BCUT2D eigenvalue weighted by Crippen LogP contribution is -2.59. The Morgan fingerprint density at radius 2 is 1.98 bits per heavy atom. The summed E-state index contributed by atoms with van der Waals surface area (Å²) in [6.07, 6.45) is -3.91. The molecule has 3 atom stereocenters. The molecule has 2 aromatic carbocycles. The van der Waals surface area contributed by atoms with E-state index >= 15 is 4.39 Å². The van der Waals surface area contributed by atoms with E-state index in [1.165, 1.54) is 0 Å². The lowest BCUT2D eigenvalue weighted by atomic mass is 9.87. The zero-order valence-corrected chi connectivity index (χ0v) is 26.2. The molecule has 2 aromatic heterocycles. The fourth-order valence-corrected chi connectivity index (χ4v) is 8.44. The van der Waals surface area contributed by atoms with E-state index in [-0.39, 0.29) is 63.0 Å². The summed E-state index contributed by atoms with van der Waals surface area (Å²) in [5.41, 5.74) is 0.581. The summed E-state index contributed by atoms with van der Waals surface area (Å²) >= 11 is 0.679. The molecular formula is C32H30F6N6O2S. The third-order valence-corrected chi connectivity index (χ3v) is 10.8. The first-order chi connectivity index (χ1) is 22.1. The number of nitrogen functional groups attached to an aromatic ring is 1. The van der Waals surface area contributed by atoms with Crippen LogP contribution in [0.4, 0.5) is 37.2 Å². The Hall–Kier alpha value is -3.87. The lowest BCUT2D eigenvalue weighted by molar-refractivity contribution is -0.137. The molecule has 3 N–H and O–H groups in total. The number of anilines is 2. The van der Waals surface area contributed by atoms with Crippen LogP contribution in [-0.2, 0) is 6.18 Å².